The third-order valence-corrected chi connectivity index (χ3v) is 5.42. The average molecular weight is 373 g/mol. The van der Waals surface area contributed by atoms with Crippen LogP contribution in [0.1, 0.15) is 20.7 Å². The summed E-state index contributed by atoms with van der Waals surface area (Å²) in [5.41, 5.74) is 0.966. The minimum atomic E-state index is -3.29. The minimum Gasteiger partial charge on any atom is -0.335 e. The van der Waals surface area contributed by atoms with Crippen molar-refractivity contribution in [3.8, 4) is 0 Å². The van der Waals surface area contributed by atoms with Crippen molar-refractivity contribution in [2.45, 2.75) is 4.90 Å². The monoisotopic (exact) mass is 373 g/mol. The Morgan fingerprint density at radius 1 is 0.885 bits per heavy atom. The molecule has 7 nitrogen and oxygen atoms in total. The molecule has 0 atom stereocenters. The Bertz CT molecular complexity index is 903. The topological polar surface area (TPSA) is 87.7 Å². The van der Waals surface area contributed by atoms with Crippen molar-refractivity contribution in [1.29, 1.82) is 0 Å². The Hall–Kier alpha value is -2.74. The van der Waals surface area contributed by atoms with Gasteiger partial charge in [-0.25, -0.2) is 8.42 Å². The van der Waals surface area contributed by atoms with E-state index in [1.165, 1.54) is 30.5 Å². The smallest absolute Gasteiger partial charge is 0.255 e. The molecule has 0 saturated carbocycles. The zero-order chi connectivity index (χ0) is 18.7. The van der Waals surface area contributed by atoms with Gasteiger partial charge < -0.3 is 9.80 Å². The van der Waals surface area contributed by atoms with E-state index in [0.29, 0.717) is 37.3 Å². The number of rotatable bonds is 3. The molecule has 3 rings (SSSR count). The molecule has 0 bridgehead atoms. The van der Waals surface area contributed by atoms with Crippen molar-refractivity contribution in [3.05, 3.63) is 59.9 Å². The first-order chi connectivity index (χ1) is 12.4. The minimum absolute atomic E-state index is 0.0947. The molecule has 0 N–H and O–H groups in total. The lowest BCUT2D eigenvalue weighted by atomic mass is 10.1. The van der Waals surface area contributed by atoms with Crippen LogP contribution in [-0.4, -0.2) is 67.5 Å². The maximum atomic E-state index is 12.6. The summed E-state index contributed by atoms with van der Waals surface area (Å²) in [6.45, 7) is 1.75. The predicted molar refractivity (Wildman–Crippen MR) is 95.6 cm³/mol. The lowest BCUT2D eigenvalue weighted by molar-refractivity contribution is 0.0535. The third-order valence-electron chi connectivity index (χ3n) is 4.29. The first-order valence-corrected chi connectivity index (χ1v) is 10.0. The second-order valence-electron chi connectivity index (χ2n) is 6.12. The van der Waals surface area contributed by atoms with Crippen LogP contribution in [0.15, 0.2) is 53.7 Å². The Balaban J connectivity index is 1.63. The average Bonchev–Trinajstić information content (AvgIpc) is 2.67. The van der Waals surface area contributed by atoms with Gasteiger partial charge in [0.05, 0.1) is 10.5 Å². The van der Waals surface area contributed by atoms with E-state index in [-0.39, 0.29) is 16.7 Å². The molecule has 2 aromatic rings. The Morgan fingerprint density at radius 3 is 1.88 bits per heavy atom. The molecule has 0 radical (unpaired) electrons. The van der Waals surface area contributed by atoms with E-state index in [1.807, 2.05) is 0 Å². The van der Waals surface area contributed by atoms with E-state index < -0.39 is 9.84 Å². The molecule has 1 fully saturated rings. The molecule has 1 saturated heterocycles. The van der Waals surface area contributed by atoms with Crippen LogP contribution in [0.3, 0.4) is 0 Å². The number of hydrogen-bond donors (Lipinski definition) is 0. The van der Waals surface area contributed by atoms with Gasteiger partial charge in [0.25, 0.3) is 11.8 Å². The largest absolute Gasteiger partial charge is 0.335 e. The molecule has 1 aliphatic heterocycles. The first-order valence-electron chi connectivity index (χ1n) is 8.15. The molecule has 0 spiro atoms. The zero-order valence-corrected chi connectivity index (χ0v) is 15.1. The second-order valence-corrected chi connectivity index (χ2v) is 8.14. The van der Waals surface area contributed by atoms with Crippen LogP contribution in [0.5, 0.6) is 0 Å². The summed E-state index contributed by atoms with van der Waals surface area (Å²) in [6.07, 6.45) is 4.27. The van der Waals surface area contributed by atoms with Crippen molar-refractivity contribution >= 4 is 21.7 Å². The number of amides is 2. The number of carbonyl (C=O) groups is 2. The van der Waals surface area contributed by atoms with Gasteiger partial charge in [0.2, 0.25) is 0 Å². The molecular weight excluding hydrogens is 354 g/mol. The van der Waals surface area contributed by atoms with Gasteiger partial charge in [-0.1, -0.05) is 0 Å². The maximum absolute atomic E-state index is 12.6. The van der Waals surface area contributed by atoms with Crippen molar-refractivity contribution < 1.29 is 18.0 Å². The highest BCUT2D eigenvalue weighted by molar-refractivity contribution is 7.90. The van der Waals surface area contributed by atoms with Gasteiger partial charge in [-0.3, -0.25) is 14.6 Å². The Labute approximate surface area is 152 Å². The van der Waals surface area contributed by atoms with Crippen LogP contribution in [0.2, 0.25) is 0 Å². The van der Waals surface area contributed by atoms with E-state index in [1.54, 1.807) is 28.1 Å². The normalized spacial score (nSPS) is 15.0. The molecule has 1 aliphatic rings. The van der Waals surface area contributed by atoms with E-state index in [9.17, 15) is 18.0 Å². The first kappa shape index (κ1) is 18.1. The summed E-state index contributed by atoms with van der Waals surface area (Å²) in [5, 5.41) is 0. The van der Waals surface area contributed by atoms with E-state index >= 15 is 0 Å². The number of aromatic nitrogens is 1. The Morgan fingerprint density at radius 2 is 1.42 bits per heavy atom. The van der Waals surface area contributed by atoms with Crippen molar-refractivity contribution in [2.24, 2.45) is 0 Å². The summed E-state index contributed by atoms with van der Waals surface area (Å²) in [5.74, 6) is -0.263. The number of benzene rings is 1. The summed E-state index contributed by atoms with van der Waals surface area (Å²) in [6, 6.07) is 9.34. The van der Waals surface area contributed by atoms with Crippen LogP contribution in [0.25, 0.3) is 0 Å². The fourth-order valence-electron chi connectivity index (χ4n) is 2.81. The van der Waals surface area contributed by atoms with Gasteiger partial charge in [0.1, 0.15) is 0 Å². The SMILES string of the molecule is CS(=O)(=O)c1ccc(C(=O)N2CCN(C(=O)c3cccnc3)CC2)cc1. The second kappa shape index (κ2) is 7.25. The van der Waals surface area contributed by atoms with Crippen LogP contribution < -0.4 is 0 Å². The quantitative estimate of drug-likeness (QED) is 0.803. The lowest BCUT2D eigenvalue weighted by Crippen LogP contribution is -2.50. The zero-order valence-electron chi connectivity index (χ0n) is 14.3. The van der Waals surface area contributed by atoms with Crippen molar-refractivity contribution in [3.63, 3.8) is 0 Å². The Kier molecular flexibility index (Phi) is 5.03. The maximum Gasteiger partial charge on any atom is 0.255 e. The fourth-order valence-corrected chi connectivity index (χ4v) is 3.44. The van der Waals surface area contributed by atoms with Gasteiger partial charge in [-0.15, -0.1) is 0 Å². The van der Waals surface area contributed by atoms with E-state index in [4.69, 9.17) is 0 Å². The summed E-state index contributed by atoms with van der Waals surface area (Å²) < 4.78 is 23.0. The van der Waals surface area contributed by atoms with Gasteiger partial charge >= 0.3 is 0 Å². The molecule has 1 aromatic heterocycles. The fraction of sp³-hybridized carbons (Fsp3) is 0.278. The van der Waals surface area contributed by atoms with Gasteiger partial charge in [0.15, 0.2) is 9.84 Å². The van der Waals surface area contributed by atoms with Crippen molar-refractivity contribution in [2.75, 3.05) is 32.4 Å². The summed E-state index contributed by atoms with van der Waals surface area (Å²) in [7, 11) is -3.29. The summed E-state index contributed by atoms with van der Waals surface area (Å²) >= 11 is 0. The third kappa shape index (κ3) is 3.91. The van der Waals surface area contributed by atoms with Gasteiger partial charge in [0, 0.05) is 50.4 Å². The van der Waals surface area contributed by atoms with Gasteiger partial charge in [-0.05, 0) is 36.4 Å². The number of piperazine rings is 1. The van der Waals surface area contributed by atoms with Crippen LogP contribution in [-0.2, 0) is 9.84 Å². The van der Waals surface area contributed by atoms with Crippen LogP contribution in [0.4, 0.5) is 0 Å². The molecule has 2 amide bonds. The lowest BCUT2D eigenvalue weighted by Gasteiger charge is -2.34. The van der Waals surface area contributed by atoms with Crippen LogP contribution in [0, 0.1) is 0 Å². The highest BCUT2D eigenvalue weighted by Crippen LogP contribution is 2.14. The van der Waals surface area contributed by atoms with E-state index in [2.05, 4.69) is 4.98 Å². The van der Waals surface area contributed by atoms with Crippen molar-refractivity contribution in [1.82, 2.24) is 14.8 Å². The number of nitrogens with zero attached hydrogens (tertiary/aromatic N) is 3. The highest BCUT2D eigenvalue weighted by Gasteiger charge is 2.25. The molecule has 136 valence electrons. The van der Waals surface area contributed by atoms with Crippen LogP contribution >= 0.6 is 0 Å². The standard InChI is InChI=1S/C18H19N3O4S/c1-26(24,25)16-6-4-14(5-7-16)17(22)20-9-11-21(12-10-20)18(23)15-3-2-8-19-13-15/h2-8,13H,9-12H2,1H3. The molecule has 8 heteroatoms. The number of hydrogen-bond acceptors (Lipinski definition) is 5. The highest BCUT2D eigenvalue weighted by atomic mass is 32.2. The predicted octanol–water partition coefficient (Wildman–Crippen LogP) is 1.08. The molecular formula is C18H19N3O4S. The number of carbonyl (C=O) groups excluding carboxylic acids is 2. The molecule has 2 heterocycles. The van der Waals surface area contributed by atoms with E-state index in [0.717, 1.165) is 6.26 Å². The number of pyridine rings is 1. The molecule has 0 unspecified atom stereocenters. The molecule has 0 aliphatic carbocycles. The molecule has 26 heavy (non-hydrogen) atoms. The number of sulfone groups is 1. The van der Waals surface area contributed by atoms with Gasteiger partial charge in [-0.2, -0.15) is 0 Å². The molecule has 1 aromatic carbocycles. The summed E-state index contributed by atoms with van der Waals surface area (Å²) in [4.78, 5) is 32.5.